The largest absolute Gasteiger partial charge is 0.479 e. The molecule has 7 atom stereocenters. The second kappa shape index (κ2) is 24.0. The van der Waals surface area contributed by atoms with Gasteiger partial charge < -0.3 is 55.1 Å². The fourth-order valence-electron chi connectivity index (χ4n) is 15.3. The quantitative estimate of drug-likeness (QED) is 0.0319. The van der Waals surface area contributed by atoms with E-state index in [9.17, 15) is 39.9 Å². The number of hydrogen-bond acceptors (Lipinski definition) is 17. The van der Waals surface area contributed by atoms with Crippen LogP contribution in [0.4, 0.5) is 10.9 Å². The fourth-order valence-corrected chi connectivity index (χ4v) is 16.1. The number of nitrogens with one attached hydrogen (secondary N) is 1. The summed E-state index contributed by atoms with van der Waals surface area (Å²) in [7, 11) is 0. The van der Waals surface area contributed by atoms with Crippen LogP contribution in [0.5, 0.6) is 0 Å². The van der Waals surface area contributed by atoms with Crippen LogP contribution in [0, 0.1) is 23.2 Å². The van der Waals surface area contributed by atoms with Gasteiger partial charge in [0.05, 0.1) is 61.2 Å². The minimum absolute atomic E-state index is 0.0550. The molecule has 3 aromatic heterocycles. The van der Waals surface area contributed by atoms with E-state index in [1.165, 1.54) is 11.3 Å². The van der Waals surface area contributed by atoms with Crippen molar-refractivity contribution in [1.82, 2.24) is 24.6 Å². The van der Waals surface area contributed by atoms with Crippen LogP contribution in [0.3, 0.4) is 0 Å². The van der Waals surface area contributed by atoms with E-state index in [4.69, 9.17) is 34.8 Å². The van der Waals surface area contributed by atoms with Gasteiger partial charge in [0.2, 0.25) is 0 Å². The molecule has 8 N–H and O–H groups in total. The molecule has 83 heavy (non-hydrogen) atoms. The number of fused-ring (bicyclic) bond motifs is 2. The number of hydrogen-bond donors (Lipinski definition) is 7. The molecule has 20 nitrogen and oxygen atoms in total. The van der Waals surface area contributed by atoms with Crippen LogP contribution in [0.15, 0.2) is 85.1 Å². The van der Waals surface area contributed by atoms with E-state index in [-0.39, 0.29) is 39.9 Å². The first-order valence-corrected chi connectivity index (χ1v) is 29.7. The lowest BCUT2D eigenvalue weighted by Crippen LogP contribution is -2.64. The summed E-state index contributed by atoms with van der Waals surface area (Å²) in [6.07, 6.45) is 1.08. The molecular weight excluding hydrogens is 1080 g/mol. The Kier molecular flexibility index (Phi) is 16.9. The van der Waals surface area contributed by atoms with Gasteiger partial charge in [-0.05, 0) is 121 Å². The lowest BCUT2D eigenvalue weighted by molar-refractivity contribution is -0.249. The maximum atomic E-state index is 13.8. The highest BCUT2D eigenvalue weighted by Gasteiger charge is 2.66. The Balaban J connectivity index is 0.762. The van der Waals surface area contributed by atoms with E-state index in [1.807, 2.05) is 90.7 Å². The topological polar surface area (TPSA) is 277 Å². The number of aliphatic carboxylic acids is 1. The number of aromatic nitrogens is 4. The van der Waals surface area contributed by atoms with Crippen LogP contribution in [0.1, 0.15) is 101 Å². The van der Waals surface area contributed by atoms with Gasteiger partial charge in [0.1, 0.15) is 24.1 Å². The van der Waals surface area contributed by atoms with Crippen molar-refractivity contribution in [2.75, 3.05) is 69.4 Å². The smallest absolute Gasteiger partial charge is 0.355 e. The Bertz CT molecular complexity index is 3280. The number of nitrogens with two attached hydrogens (primary N) is 1. The third-order valence-electron chi connectivity index (χ3n) is 17.8. The van der Waals surface area contributed by atoms with Crippen LogP contribution in [0.2, 0.25) is 0 Å². The van der Waals surface area contributed by atoms with E-state index < -0.39 is 42.5 Å². The number of pyridine rings is 1. The molecule has 3 aromatic carbocycles. The summed E-state index contributed by atoms with van der Waals surface area (Å²) in [5.74, 6) is -2.27. The number of carbonyl (C=O) groups excluding carboxylic acids is 1. The average Bonchev–Trinajstić information content (AvgIpc) is 3.66. The summed E-state index contributed by atoms with van der Waals surface area (Å²) in [6.45, 7) is 13.2. The predicted octanol–water partition coefficient (Wildman–Crippen LogP) is 6.48. The average molecular weight is 1160 g/mol. The van der Waals surface area contributed by atoms with Gasteiger partial charge in [-0.15, -0.1) is 0 Å². The summed E-state index contributed by atoms with van der Waals surface area (Å²) >= 11 is 1.42. The zero-order valence-corrected chi connectivity index (χ0v) is 48.2. The molecule has 12 rings (SSSR count). The molecule has 6 aliphatic rings. The summed E-state index contributed by atoms with van der Waals surface area (Å²) in [6, 6.07) is 25.0. The number of carbonyl (C=O) groups is 3. The Morgan fingerprint density at radius 3 is 2.28 bits per heavy atom. The molecule has 0 spiro atoms. The third kappa shape index (κ3) is 12.6. The SMILES string of the molecule is Cc1c(-c2ccc(N3CCc4cccc(C(=O)Nc5nc6ccccc6s5)c4C3)nc2C(=O)O)cnn1CC12CC3(C)CC(C)(C1)CC(OCCN(CCOCCOCCN)Cc1ccc(CC4O[C@H](C(=O)O)[C@H](O)[C@@H](O)[C@H]4O)cc1)(C3)C2. The Hall–Kier alpha value is -6.24. The number of para-hydroxylation sites is 1. The highest BCUT2D eigenvalue weighted by atomic mass is 32.1. The zero-order chi connectivity index (χ0) is 58.3. The van der Waals surface area contributed by atoms with E-state index in [0.717, 1.165) is 82.3 Å². The Morgan fingerprint density at radius 1 is 0.807 bits per heavy atom. The van der Waals surface area contributed by atoms with Gasteiger partial charge in [0, 0.05) is 74.6 Å². The second-order valence-electron chi connectivity index (χ2n) is 24.7. The first kappa shape index (κ1) is 58.5. The van der Waals surface area contributed by atoms with E-state index in [1.54, 1.807) is 6.20 Å². The van der Waals surface area contributed by atoms with Gasteiger partial charge in [-0.2, -0.15) is 5.10 Å². The van der Waals surface area contributed by atoms with Crippen molar-refractivity contribution in [3.8, 4) is 11.1 Å². The van der Waals surface area contributed by atoms with Crippen molar-refractivity contribution < 1.29 is 58.9 Å². The number of nitrogens with zero attached hydrogens (tertiary/aromatic N) is 6. The van der Waals surface area contributed by atoms with Crippen molar-refractivity contribution in [1.29, 1.82) is 0 Å². The monoisotopic (exact) mass is 1160 g/mol. The molecule has 6 aromatic rings. The normalized spacial score (nSPS) is 27.3. The molecule has 2 aliphatic heterocycles. The van der Waals surface area contributed by atoms with Crippen LogP contribution >= 0.6 is 11.3 Å². The van der Waals surface area contributed by atoms with Gasteiger partial charge in [-0.3, -0.25) is 19.7 Å². The number of aliphatic hydroxyl groups is 3. The number of ether oxygens (including phenoxy) is 4. The van der Waals surface area contributed by atoms with E-state index in [0.29, 0.717) is 107 Å². The van der Waals surface area contributed by atoms with Crippen LogP contribution in [-0.4, -0.2) is 163 Å². The van der Waals surface area contributed by atoms with Crippen LogP contribution < -0.4 is 16.0 Å². The van der Waals surface area contributed by atoms with Gasteiger partial charge >= 0.3 is 11.9 Å². The van der Waals surface area contributed by atoms with Gasteiger partial charge in [-0.1, -0.05) is 73.7 Å². The molecule has 1 amide bonds. The van der Waals surface area contributed by atoms with E-state index >= 15 is 0 Å². The van der Waals surface area contributed by atoms with Crippen molar-refractivity contribution in [2.24, 2.45) is 22.0 Å². The Labute approximate surface area is 486 Å². The van der Waals surface area contributed by atoms with Gasteiger partial charge in [-0.25, -0.2) is 19.6 Å². The van der Waals surface area contributed by atoms with Crippen LogP contribution in [0.25, 0.3) is 21.3 Å². The predicted molar refractivity (Wildman–Crippen MR) is 311 cm³/mol. The molecule has 0 radical (unpaired) electrons. The molecule has 3 unspecified atom stereocenters. The lowest BCUT2D eigenvalue weighted by atomic mass is 9.39. The van der Waals surface area contributed by atoms with Gasteiger partial charge in [0.25, 0.3) is 5.91 Å². The fraction of sp³-hybridized carbons (Fsp3) is 0.516. The van der Waals surface area contributed by atoms with Crippen molar-refractivity contribution in [3.63, 3.8) is 0 Å². The number of amides is 1. The maximum absolute atomic E-state index is 13.8. The number of thiazole rings is 1. The molecule has 1 saturated heterocycles. The van der Waals surface area contributed by atoms with Crippen molar-refractivity contribution in [2.45, 2.75) is 128 Å². The summed E-state index contributed by atoms with van der Waals surface area (Å²) in [4.78, 5) is 52.4. The summed E-state index contributed by atoms with van der Waals surface area (Å²) in [5, 5.41) is 60.0. The zero-order valence-electron chi connectivity index (χ0n) is 47.4. The van der Waals surface area contributed by atoms with Crippen molar-refractivity contribution in [3.05, 3.63) is 124 Å². The minimum atomic E-state index is -1.74. The highest BCUT2D eigenvalue weighted by molar-refractivity contribution is 7.22. The molecule has 21 heteroatoms. The van der Waals surface area contributed by atoms with Gasteiger partial charge in [0.15, 0.2) is 16.9 Å². The van der Waals surface area contributed by atoms with E-state index in [2.05, 4.69) is 33.7 Å². The molecule has 5 heterocycles. The lowest BCUT2D eigenvalue weighted by Gasteiger charge is -2.69. The van der Waals surface area contributed by atoms with Crippen molar-refractivity contribution >= 4 is 50.3 Å². The second-order valence-corrected chi connectivity index (χ2v) is 25.7. The number of benzene rings is 3. The first-order chi connectivity index (χ1) is 39.8. The Morgan fingerprint density at radius 2 is 1.54 bits per heavy atom. The van der Waals surface area contributed by atoms with Crippen LogP contribution in [-0.2, 0) is 56.2 Å². The molecule has 4 aliphatic carbocycles. The number of aliphatic hydroxyl groups excluding tert-OH is 3. The minimum Gasteiger partial charge on any atom is -0.479 e. The standard InChI is InChI=1S/C62H76N8O12S/c1-38-44(42-15-16-49(66-50(42)56(75)76)69-19-17-41-7-6-8-43(45(41)30-69)55(74)67-58-65-46-9-4-5-10-48(46)83-58)28-64-70(38)37-61-32-59(2)31-60(3,33-61)35-62(34-59,36-61)81-24-21-68(20-23-80-26-25-79-22-18-63)29-40-13-11-39(12-14-40)27-47-51(71)52(72)53(73)54(82-47)57(77)78/h4-16,28,47,51-54,71-73H,17-27,29-37,63H2,1-3H3,(H,75,76)(H,77,78)(H,65,67,74)/t47?,51-,52-,53+,54-,59?,60?,61?,62?/m0/s1. The number of anilines is 2. The number of aromatic carboxylic acids is 1. The number of rotatable bonds is 24. The first-order valence-electron chi connectivity index (χ1n) is 28.8. The summed E-state index contributed by atoms with van der Waals surface area (Å²) < 4.78 is 27.4. The molecule has 4 bridgehead atoms. The third-order valence-corrected chi connectivity index (χ3v) is 18.7. The molecule has 5 fully saturated rings. The molecule has 4 saturated carbocycles. The summed E-state index contributed by atoms with van der Waals surface area (Å²) in [5.41, 5.74) is 12.4. The number of carboxylic acid groups (broad SMARTS) is 2. The molecule has 442 valence electrons. The highest BCUT2D eigenvalue weighted by Crippen LogP contribution is 2.72. The number of carboxylic acids is 2. The molecular formula is C62H76N8O12S. The maximum Gasteiger partial charge on any atom is 0.355 e.